The minimum absolute atomic E-state index is 0.148. The van der Waals surface area contributed by atoms with Gasteiger partial charge in [-0.1, -0.05) is 36.4 Å². The van der Waals surface area contributed by atoms with Gasteiger partial charge in [0, 0.05) is 10.9 Å². The maximum atomic E-state index is 12.8. The normalized spacial score (nSPS) is 11.1. The summed E-state index contributed by atoms with van der Waals surface area (Å²) in [6, 6.07) is 14.2. The number of thiophene rings is 1. The second kappa shape index (κ2) is 6.14. The Hall–Kier alpha value is -2.99. The summed E-state index contributed by atoms with van der Waals surface area (Å²) in [5.41, 5.74) is 1.56. The van der Waals surface area contributed by atoms with Crippen LogP contribution in [-0.2, 0) is 16.1 Å². The quantitative estimate of drug-likeness (QED) is 0.531. The molecule has 0 fully saturated rings. The fraction of sp³-hybridized carbons (Fsp3) is 0.105. The van der Waals surface area contributed by atoms with Gasteiger partial charge in [0.2, 0.25) is 0 Å². The highest BCUT2D eigenvalue weighted by Crippen LogP contribution is 2.32. The topological polar surface area (TPSA) is 61.2 Å². The predicted octanol–water partition coefficient (Wildman–Crippen LogP) is 3.45. The number of methoxy groups -OCH3 is 1. The summed E-state index contributed by atoms with van der Waals surface area (Å²) >= 11 is 1.42. The molecule has 0 saturated heterocycles. The summed E-state index contributed by atoms with van der Waals surface area (Å²) < 4.78 is 5.93. The molecule has 0 saturated carbocycles. The van der Waals surface area contributed by atoms with Crippen LogP contribution >= 0.6 is 11.3 Å². The minimum Gasteiger partial charge on any atom is -0.468 e. The van der Waals surface area contributed by atoms with Gasteiger partial charge in [-0.3, -0.25) is 14.2 Å². The third-order valence-corrected chi connectivity index (χ3v) is 5.03. The van der Waals surface area contributed by atoms with Crippen LogP contribution in [0.5, 0.6) is 0 Å². The molecule has 0 aliphatic carbocycles. The molecule has 0 atom stereocenters. The van der Waals surface area contributed by atoms with Gasteiger partial charge in [0.1, 0.15) is 11.4 Å². The SMILES string of the molecule is COC(=O)Cn1cnc2scc(-c3ccc4ccccc4c3)c2c1=O. The zero-order chi connectivity index (χ0) is 17.4. The van der Waals surface area contributed by atoms with E-state index in [1.165, 1.54) is 29.3 Å². The van der Waals surface area contributed by atoms with Crippen LogP contribution in [-0.4, -0.2) is 22.6 Å². The van der Waals surface area contributed by atoms with E-state index in [0.717, 1.165) is 21.9 Å². The van der Waals surface area contributed by atoms with Crippen molar-refractivity contribution >= 4 is 38.3 Å². The lowest BCUT2D eigenvalue weighted by molar-refractivity contribution is -0.141. The summed E-state index contributed by atoms with van der Waals surface area (Å²) in [5, 5.41) is 4.72. The van der Waals surface area contributed by atoms with Gasteiger partial charge in [-0.15, -0.1) is 11.3 Å². The van der Waals surface area contributed by atoms with E-state index < -0.39 is 5.97 Å². The zero-order valence-electron chi connectivity index (χ0n) is 13.4. The molecule has 5 nitrogen and oxygen atoms in total. The number of carbonyl (C=O) groups is 1. The van der Waals surface area contributed by atoms with Crippen LogP contribution < -0.4 is 5.56 Å². The van der Waals surface area contributed by atoms with Gasteiger partial charge in [0.15, 0.2) is 0 Å². The van der Waals surface area contributed by atoms with Crippen molar-refractivity contribution < 1.29 is 9.53 Å². The standard InChI is InChI=1S/C19H14N2O3S/c1-24-16(22)9-21-11-20-18-17(19(21)23)15(10-25-18)14-7-6-12-4-2-3-5-13(12)8-14/h2-8,10-11H,9H2,1H3. The number of fused-ring (bicyclic) bond motifs is 2. The number of ether oxygens (including phenoxy) is 1. The van der Waals surface area contributed by atoms with E-state index in [2.05, 4.69) is 21.9 Å². The van der Waals surface area contributed by atoms with E-state index >= 15 is 0 Å². The Morgan fingerprint density at radius 1 is 1.20 bits per heavy atom. The summed E-state index contributed by atoms with van der Waals surface area (Å²) in [5.74, 6) is -0.481. The average molecular weight is 350 g/mol. The Morgan fingerprint density at radius 3 is 2.80 bits per heavy atom. The van der Waals surface area contributed by atoms with Crippen LogP contribution in [0.3, 0.4) is 0 Å². The van der Waals surface area contributed by atoms with Gasteiger partial charge in [0.25, 0.3) is 5.56 Å². The van der Waals surface area contributed by atoms with Gasteiger partial charge in [-0.25, -0.2) is 4.98 Å². The maximum Gasteiger partial charge on any atom is 0.325 e. The minimum atomic E-state index is -0.481. The molecule has 2 aromatic heterocycles. The summed E-state index contributed by atoms with van der Waals surface area (Å²) in [6.45, 7) is -0.148. The van der Waals surface area contributed by atoms with Crippen LogP contribution in [0.1, 0.15) is 0 Å². The van der Waals surface area contributed by atoms with Crippen molar-refractivity contribution in [3.05, 3.63) is 64.5 Å². The van der Waals surface area contributed by atoms with Crippen molar-refractivity contribution in [3.63, 3.8) is 0 Å². The van der Waals surface area contributed by atoms with Crippen molar-refractivity contribution in [1.82, 2.24) is 9.55 Å². The zero-order valence-corrected chi connectivity index (χ0v) is 14.2. The highest BCUT2D eigenvalue weighted by Gasteiger charge is 2.15. The molecule has 124 valence electrons. The fourth-order valence-corrected chi connectivity index (χ4v) is 3.76. The molecule has 4 rings (SSSR count). The Balaban J connectivity index is 1.90. The molecular formula is C19H14N2O3S. The number of hydrogen-bond donors (Lipinski definition) is 0. The maximum absolute atomic E-state index is 12.8. The number of nitrogens with zero attached hydrogens (tertiary/aromatic N) is 2. The van der Waals surface area contributed by atoms with Gasteiger partial charge < -0.3 is 4.74 Å². The lowest BCUT2D eigenvalue weighted by atomic mass is 10.0. The Kier molecular flexibility index (Phi) is 3.82. The van der Waals surface area contributed by atoms with Crippen molar-refractivity contribution in [3.8, 4) is 11.1 Å². The number of rotatable bonds is 3. The second-order valence-electron chi connectivity index (χ2n) is 5.65. The number of aromatic nitrogens is 2. The fourth-order valence-electron chi connectivity index (χ4n) is 2.85. The molecule has 0 amide bonds. The molecular weight excluding hydrogens is 336 g/mol. The predicted molar refractivity (Wildman–Crippen MR) is 98.8 cm³/mol. The molecule has 0 radical (unpaired) electrons. The van der Waals surface area contributed by atoms with Crippen molar-refractivity contribution in [2.45, 2.75) is 6.54 Å². The summed E-state index contributed by atoms with van der Waals surface area (Å²) in [6.07, 6.45) is 1.39. The Labute approximate surface area is 147 Å². The molecule has 0 unspecified atom stereocenters. The summed E-state index contributed by atoms with van der Waals surface area (Å²) in [7, 11) is 1.30. The van der Waals surface area contributed by atoms with E-state index in [1.54, 1.807) is 0 Å². The number of hydrogen-bond acceptors (Lipinski definition) is 5. The second-order valence-corrected chi connectivity index (χ2v) is 6.50. The molecule has 0 bridgehead atoms. The van der Waals surface area contributed by atoms with Gasteiger partial charge in [-0.05, 0) is 22.4 Å². The molecule has 0 N–H and O–H groups in total. The van der Waals surface area contributed by atoms with E-state index in [0.29, 0.717) is 10.2 Å². The number of carbonyl (C=O) groups excluding carboxylic acids is 1. The largest absolute Gasteiger partial charge is 0.468 e. The van der Waals surface area contributed by atoms with Crippen molar-refractivity contribution in [1.29, 1.82) is 0 Å². The first-order valence-electron chi connectivity index (χ1n) is 7.70. The van der Waals surface area contributed by atoms with Gasteiger partial charge in [0.05, 0.1) is 18.8 Å². The molecule has 0 spiro atoms. The third-order valence-electron chi connectivity index (χ3n) is 4.15. The van der Waals surface area contributed by atoms with Crippen LogP contribution in [0.25, 0.3) is 32.1 Å². The van der Waals surface area contributed by atoms with E-state index in [1.807, 2.05) is 35.7 Å². The van der Waals surface area contributed by atoms with E-state index in [4.69, 9.17) is 0 Å². The highest BCUT2D eigenvalue weighted by atomic mass is 32.1. The average Bonchev–Trinajstić information content (AvgIpc) is 3.08. The lowest BCUT2D eigenvalue weighted by Gasteiger charge is -2.06. The van der Waals surface area contributed by atoms with E-state index in [9.17, 15) is 9.59 Å². The van der Waals surface area contributed by atoms with Crippen LogP contribution in [0.4, 0.5) is 0 Å². The first-order valence-corrected chi connectivity index (χ1v) is 8.58. The van der Waals surface area contributed by atoms with Crippen LogP contribution in [0.15, 0.2) is 59.0 Å². The molecule has 0 aliphatic rings. The van der Waals surface area contributed by atoms with Crippen molar-refractivity contribution in [2.75, 3.05) is 7.11 Å². The molecule has 2 heterocycles. The molecule has 25 heavy (non-hydrogen) atoms. The van der Waals surface area contributed by atoms with Crippen LogP contribution in [0.2, 0.25) is 0 Å². The monoisotopic (exact) mass is 350 g/mol. The smallest absolute Gasteiger partial charge is 0.325 e. The van der Waals surface area contributed by atoms with Crippen molar-refractivity contribution in [2.24, 2.45) is 0 Å². The number of esters is 1. The van der Waals surface area contributed by atoms with Gasteiger partial charge >= 0.3 is 5.97 Å². The Morgan fingerprint density at radius 2 is 2.00 bits per heavy atom. The molecule has 4 aromatic rings. The summed E-state index contributed by atoms with van der Waals surface area (Å²) in [4.78, 5) is 29.3. The van der Waals surface area contributed by atoms with Gasteiger partial charge in [-0.2, -0.15) is 0 Å². The number of benzene rings is 2. The molecule has 2 aromatic carbocycles. The van der Waals surface area contributed by atoms with Crippen LogP contribution in [0, 0.1) is 0 Å². The molecule has 6 heteroatoms. The molecule has 0 aliphatic heterocycles. The van der Waals surface area contributed by atoms with E-state index in [-0.39, 0.29) is 12.1 Å². The first-order chi connectivity index (χ1) is 12.2. The first kappa shape index (κ1) is 15.5. The lowest BCUT2D eigenvalue weighted by Crippen LogP contribution is -2.25. The Bertz CT molecular complexity index is 1160. The third kappa shape index (κ3) is 2.70. The highest BCUT2D eigenvalue weighted by molar-refractivity contribution is 7.17.